The fourth-order valence-electron chi connectivity index (χ4n) is 2.21. The SMILES string of the molecule is CNC(c1ccc(Br)cc1)c1ccc(OC)c(OC)c1. The smallest absolute Gasteiger partial charge is 0.161 e. The maximum absolute atomic E-state index is 5.37. The Kier molecular flexibility index (Phi) is 5.04. The van der Waals surface area contributed by atoms with E-state index in [1.165, 1.54) is 5.56 Å². The van der Waals surface area contributed by atoms with Gasteiger partial charge >= 0.3 is 0 Å². The molecule has 1 unspecified atom stereocenters. The van der Waals surface area contributed by atoms with Gasteiger partial charge in [0.2, 0.25) is 0 Å². The van der Waals surface area contributed by atoms with Crippen molar-refractivity contribution in [1.29, 1.82) is 0 Å². The fourth-order valence-corrected chi connectivity index (χ4v) is 2.48. The molecule has 0 spiro atoms. The third-order valence-electron chi connectivity index (χ3n) is 3.23. The summed E-state index contributed by atoms with van der Waals surface area (Å²) in [5.41, 5.74) is 2.33. The second kappa shape index (κ2) is 6.77. The van der Waals surface area contributed by atoms with Gasteiger partial charge in [-0.3, -0.25) is 0 Å². The first-order chi connectivity index (χ1) is 9.69. The van der Waals surface area contributed by atoms with E-state index in [1.54, 1.807) is 14.2 Å². The van der Waals surface area contributed by atoms with Crippen LogP contribution in [0.5, 0.6) is 11.5 Å². The highest BCUT2D eigenvalue weighted by Gasteiger charge is 2.14. The lowest BCUT2D eigenvalue weighted by atomic mass is 9.98. The Bertz CT molecular complexity index is 569. The highest BCUT2D eigenvalue weighted by molar-refractivity contribution is 9.10. The largest absolute Gasteiger partial charge is 0.493 e. The summed E-state index contributed by atoms with van der Waals surface area (Å²) < 4.78 is 11.7. The number of ether oxygens (including phenoxy) is 2. The Morgan fingerprint density at radius 3 is 2.05 bits per heavy atom. The summed E-state index contributed by atoms with van der Waals surface area (Å²) in [7, 11) is 5.24. The van der Waals surface area contributed by atoms with Gasteiger partial charge in [-0.15, -0.1) is 0 Å². The lowest BCUT2D eigenvalue weighted by Gasteiger charge is -2.19. The van der Waals surface area contributed by atoms with E-state index >= 15 is 0 Å². The molecule has 0 saturated carbocycles. The van der Waals surface area contributed by atoms with Crippen molar-refractivity contribution in [3.8, 4) is 11.5 Å². The highest BCUT2D eigenvalue weighted by Crippen LogP contribution is 2.32. The predicted molar refractivity (Wildman–Crippen MR) is 84.6 cm³/mol. The first-order valence-electron chi connectivity index (χ1n) is 6.34. The first-order valence-corrected chi connectivity index (χ1v) is 7.13. The molecule has 0 amide bonds. The maximum Gasteiger partial charge on any atom is 0.161 e. The first kappa shape index (κ1) is 14.9. The van der Waals surface area contributed by atoms with Gasteiger partial charge in [0.15, 0.2) is 11.5 Å². The van der Waals surface area contributed by atoms with Crippen molar-refractivity contribution >= 4 is 15.9 Å². The molecule has 0 bridgehead atoms. The van der Waals surface area contributed by atoms with Crippen LogP contribution in [0.4, 0.5) is 0 Å². The Labute approximate surface area is 128 Å². The second-order valence-electron chi connectivity index (χ2n) is 4.39. The zero-order valence-electron chi connectivity index (χ0n) is 11.8. The quantitative estimate of drug-likeness (QED) is 0.902. The monoisotopic (exact) mass is 335 g/mol. The number of rotatable bonds is 5. The Balaban J connectivity index is 2.39. The van der Waals surface area contributed by atoms with Crippen LogP contribution in [0.25, 0.3) is 0 Å². The summed E-state index contributed by atoms with van der Waals surface area (Å²) in [6.45, 7) is 0. The van der Waals surface area contributed by atoms with Gasteiger partial charge in [-0.05, 0) is 42.4 Å². The molecule has 0 radical (unpaired) electrons. The van der Waals surface area contributed by atoms with Gasteiger partial charge in [0.05, 0.1) is 20.3 Å². The molecule has 0 aromatic heterocycles. The number of benzene rings is 2. The van der Waals surface area contributed by atoms with Gasteiger partial charge in [-0.1, -0.05) is 34.1 Å². The Hall–Kier alpha value is -1.52. The van der Waals surface area contributed by atoms with Crippen LogP contribution in [0.15, 0.2) is 46.9 Å². The molecule has 1 N–H and O–H groups in total. The van der Waals surface area contributed by atoms with Crippen LogP contribution in [-0.4, -0.2) is 21.3 Å². The average molecular weight is 336 g/mol. The molecular formula is C16H18BrNO2. The van der Waals surface area contributed by atoms with Crippen molar-refractivity contribution in [2.45, 2.75) is 6.04 Å². The maximum atomic E-state index is 5.37. The summed E-state index contributed by atoms with van der Waals surface area (Å²) in [5, 5.41) is 3.33. The summed E-state index contributed by atoms with van der Waals surface area (Å²) in [4.78, 5) is 0. The molecule has 0 aliphatic rings. The van der Waals surface area contributed by atoms with Crippen molar-refractivity contribution in [2.75, 3.05) is 21.3 Å². The number of hydrogen-bond donors (Lipinski definition) is 1. The Morgan fingerprint density at radius 2 is 1.50 bits per heavy atom. The van der Waals surface area contributed by atoms with Crippen LogP contribution in [0, 0.1) is 0 Å². The predicted octanol–water partition coefficient (Wildman–Crippen LogP) is 3.78. The molecule has 20 heavy (non-hydrogen) atoms. The molecule has 0 aliphatic carbocycles. The number of hydrogen-bond acceptors (Lipinski definition) is 3. The highest BCUT2D eigenvalue weighted by atomic mass is 79.9. The van der Waals surface area contributed by atoms with Crippen LogP contribution in [-0.2, 0) is 0 Å². The molecule has 0 saturated heterocycles. The van der Waals surface area contributed by atoms with E-state index in [-0.39, 0.29) is 6.04 Å². The van der Waals surface area contributed by atoms with Crippen molar-refractivity contribution in [3.05, 3.63) is 58.1 Å². The number of nitrogens with one attached hydrogen (secondary N) is 1. The van der Waals surface area contributed by atoms with E-state index in [0.29, 0.717) is 0 Å². The average Bonchev–Trinajstić information content (AvgIpc) is 2.49. The molecule has 3 nitrogen and oxygen atoms in total. The van der Waals surface area contributed by atoms with Crippen LogP contribution < -0.4 is 14.8 Å². The topological polar surface area (TPSA) is 30.5 Å². The molecule has 4 heteroatoms. The minimum Gasteiger partial charge on any atom is -0.493 e. The van der Waals surface area contributed by atoms with Crippen LogP contribution in [0.3, 0.4) is 0 Å². The molecule has 106 valence electrons. The van der Waals surface area contributed by atoms with Gasteiger partial charge in [-0.25, -0.2) is 0 Å². The number of methoxy groups -OCH3 is 2. The van der Waals surface area contributed by atoms with Crippen molar-refractivity contribution < 1.29 is 9.47 Å². The molecule has 0 heterocycles. The standard InChI is InChI=1S/C16H18BrNO2/c1-18-16(11-4-7-13(17)8-5-11)12-6-9-14(19-2)15(10-12)20-3/h4-10,16,18H,1-3H3. The van der Waals surface area contributed by atoms with Crippen LogP contribution in [0.2, 0.25) is 0 Å². The lowest BCUT2D eigenvalue weighted by Crippen LogP contribution is -2.17. The van der Waals surface area contributed by atoms with E-state index in [4.69, 9.17) is 9.47 Å². The zero-order chi connectivity index (χ0) is 14.5. The minimum absolute atomic E-state index is 0.114. The molecule has 1 atom stereocenters. The van der Waals surface area contributed by atoms with Gasteiger partial charge in [0, 0.05) is 4.47 Å². The molecule has 2 aromatic carbocycles. The summed E-state index contributed by atoms with van der Waals surface area (Å²) >= 11 is 3.46. The number of halogens is 1. The van der Waals surface area contributed by atoms with Crippen molar-refractivity contribution in [2.24, 2.45) is 0 Å². The van der Waals surface area contributed by atoms with Crippen molar-refractivity contribution in [1.82, 2.24) is 5.32 Å². The third kappa shape index (κ3) is 3.14. The second-order valence-corrected chi connectivity index (χ2v) is 5.30. The van der Waals surface area contributed by atoms with Crippen molar-refractivity contribution in [3.63, 3.8) is 0 Å². The van der Waals surface area contributed by atoms with Gasteiger partial charge in [-0.2, -0.15) is 0 Å². The zero-order valence-corrected chi connectivity index (χ0v) is 13.4. The minimum atomic E-state index is 0.114. The normalized spacial score (nSPS) is 12.0. The molecule has 0 aliphatic heterocycles. The van der Waals surface area contributed by atoms with E-state index < -0.39 is 0 Å². The van der Waals surface area contributed by atoms with Gasteiger partial charge in [0.25, 0.3) is 0 Å². The van der Waals surface area contributed by atoms with Crippen LogP contribution in [0.1, 0.15) is 17.2 Å². The van der Waals surface area contributed by atoms with E-state index in [2.05, 4.69) is 33.4 Å². The third-order valence-corrected chi connectivity index (χ3v) is 3.76. The summed E-state index contributed by atoms with van der Waals surface area (Å²) in [6, 6.07) is 14.4. The van der Waals surface area contributed by atoms with Gasteiger partial charge in [0.1, 0.15) is 0 Å². The molecule has 2 aromatic rings. The fraction of sp³-hybridized carbons (Fsp3) is 0.250. The van der Waals surface area contributed by atoms with Gasteiger partial charge < -0.3 is 14.8 Å². The van der Waals surface area contributed by atoms with E-state index in [1.807, 2.05) is 37.4 Å². The Morgan fingerprint density at radius 1 is 0.900 bits per heavy atom. The van der Waals surface area contributed by atoms with E-state index in [9.17, 15) is 0 Å². The summed E-state index contributed by atoms with van der Waals surface area (Å²) in [5.74, 6) is 1.48. The molecular weight excluding hydrogens is 318 g/mol. The van der Waals surface area contributed by atoms with E-state index in [0.717, 1.165) is 21.5 Å². The lowest BCUT2D eigenvalue weighted by molar-refractivity contribution is 0.354. The summed E-state index contributed by atoms with van der Waals surface area (Å²) in [6.07, 6.45) is 0. The molecule has 0 fully saturated rings. The van der Waals surface area contributed by atoms with Crippen LogP contribution >= 0.6 is 15.9 Å². The molecule has 2 rings (SSSR count).